The number of amides is 2. The summed E-state index contributed by atoms with van der Waals surface area (Å²) in [6, 6.07) is 4.63. The van der Waals surface area contributed by atoms with Gasteiger partial charge >= 0.3 is 6.61 Å². The molecule has 2 aliphatic heterocycles. The van der Waals surface area contributed by atoms with Crippen molar-refractivity contribution in [3.05, 3.63) is 59.9 Å². The van der Waals surface area contributed by atoms with Crippen molar-refractivity contribution >= 4 is 32.7 Å². The van der Waals surface area contributed by atoms with Crippen LogP contribution in [0.1, 0.15) is 47.4 Å². The van der Waals surface area contributed by atoms with Crippen LogP contribution >= 0.6 is 0 Å². The molecule has 4 rings (SSSR count). The normalized spacial score (nSPS) is 20.1. The average molecular weight is 579 g/mol. The van der Waals surface area contributed by atoms with Crippen LogP contribution in [0.5, 0.6) is 5.75 Å². The van der Waals surface area contributed by atoms with Gasteiger partial charge in [-0.1, -0.05) is 13.8 Å². The second-order valence-electron chi connectivity index (χ2n) is 9.94. The van der Waals surface area contributed by atoms with E-state index in [1.165, 1.54) is 47.5 Å². The average Bonchev–Trinajstić information content (AvgIpc) is 3.49. The number of ketones is 1. The number of pyridine rings is 1. The number of likely N-dealkylation sites (tertiary alicyclic amines) is 1. The van der Waals surface area contributed by atoms with Crippen molar-refractivity contribution in [3.8, 4) is 5.75 Å². The van der Waals surface area contributed by atoms with Gasteiger partial charge < -0.3 is 15.0 Å². The minimum Gasteiger partial charge on any atom is -0.435 e. The molecule has 40 heavy (non-hydrogen) atoms. The number of carbonyl (C=O) groups excluding carboxylic acids is 4. The highest BCUT2D eigenvalue weighted by Crippen LogP contribution is 2.33. The lowest BCUT2D eigenvalue weighted by Crippen LogP contribution is -2.53. The second-order valence-corrected chi connectivity index (χ2v) is 11.7. The summed E-state index contributed by atoms with van der Waals surface area (Å²) < 4.78 is 56.3. The Morgan fingerprint density at radius 1 is 1.12 bits per heavy atom. The summed E-state index contributed by atoms with van der Waals surface area (Å²) in [7, 11) is -4.56. The van der Waals surface area contributed by atoms with Crippen LogP contribution in [0, 0.1) is 5.92 Å². The van der Waals surface area contributed by atoms with Crippen LogP contribution < -0.4 is 10.1 Å². The molecule has 3 atom stereocenters. The van der Waals surface area contributed by atoms with Crippen LogP contribution in [0.25, 0.3) is 0 Å². The fourth-order valence-corrected chi connectivity index (χ4v) is 6.51. The van der Waals surface area contributed by atoms with E-state index in [0.717, 1.165) is 10.5 Å². The minimum absolute atomic E-state index is 0.0391. The number of nitrogens with one attached hydrogen (secondary N) is 1. The molecule has 3 unspecified atom stereocenters. The summed E-state index contributed by atoms with van der Waals surface area (Å²) >= 11 is 0. The van der Waals surface area contributed by atoms with Crippen molar-refractivity contribution in [2.75, 3.05) is 13.1 Å². The van der Waals surface area contributed by atoms with Crippen LogP contribution in [0.3, 0.4) is 0 Å². The monoisotopic (exact) mass is 578 g/mol. The van der Waals surface area contributed by atoms with E-state index in [-0.39, 0.29) is 42.2 Å². The number of Topliss-reactive ketones (excluding diaryl/α,β-unsaturated/α-hetero) is 1. The summed E-state index contributed by atoms with van der Waals surface area (Å²) in [5.74, 6) is -1.89. The van der Waals surface area contributed by atoms with Crippen molar-refractivity contribution in [2.24, 2.45) is 5.92 Å². The van der Waals surface area contributed by atoms with Crippen LogP contribution in [0.2, 0.25) is 0 Å². The van der Waals surface area contributed by atoms with Gasteiger partial charge in [0.15, 0.2) is 5.78 Å². The van der Waals surface area contributed by atoms with E-state index >= 15 is 0 Å². The van der Waals surface area contributed by atoms with Crippen molar-refractivity contribution < 1.29 is 41.1 Å². The minimum atomic E-state index is -4.56. The van der Waals surface area contributed by atoms with Crippen molar-refractivity contribution in [2.45, 2.75) is 51.4 Å². The first-order valence-electron chi connectivity index (χ1n) is 12.5. The lowest BCUT2D eigenvalue weighted by Gasteiger charge is -2.29. The Hall–Kier alpha value is -3.78. The van der Waals surface area contributed by atoms with Gasteiger partial charge in [-0.2, -0.15) is 13.1 Å². The number of aromatic nitrogens is 1. The summed E-state index contributed by atoms with van der Waals surface area (Å²) in [5, 5.41) is 1.47. The molecule has 0 bridgehead atoms. The van der Waals surface area contributed by atoms with Gasteiger partial charge in [-0.15, -0.1) is 0 Å². The molecule has 0 aliphatic carbocycles. The predicted molar refractivity (Wildman–Crippen MR) is 137 cm³/mol. The molecule has 2 amide bonds. The van der Waals surface area contributed by atoms with Crippen molar-refractivity contribution in [1.29, 1.82) is 0 Å². The molecule has 1 aromatic heterocycles. The molecular weight excluding hydrogens is 550 g/mol. The maximum Gasteiger partial charge on any atom is 0.387 e. The molecule has 0 saturated carbocycles. The Morgan fingerprint density at radius 2 is 1.82 bits per heavy atom. The topological polar surface area (TPSA) is 143 Å². The fourth-order valence-electron chi connectivity index (χ4n) is 5.00. The molecule has 2 saturated heterocycles. The van der Waals surface area contributed by atoms with E-state index in [2.05, 4.69) is 15.0 Å². The summed E-state index contributed by atoms with van der Waals surface area (Å²) in [5.41, 5.74) is -0.0385. The van der Waals surface area contributed by atoms with Gasteiger partial charge in [0.05, 0.1) is 18.2 Å². The zero-order valence-corrected chi connectivity index (χ0v) is 22.5. The third-order valence-electron chi connectivity index (χ3n) is 6.75. The largest absolute Gasteiger partial charge is 0.435 e. The lowest BCUT2D eigenvalue weighted by atomic mass is 10.0. The number of fused-ring (bicyclic) bond motifs is 1. The van der Waals surface area contributed by atoms with E-state index in [1.54, 1.807) is 0 Å². The number of sulfonamides is 1. The van der Waals surface area contributed by atoms with Crippen LogP contribution in [-0.2, 0) is 19.6 Å². The maximum atomic E-state index is 13.6. The van der Waals surface area contributed by atoms with Gasteiger partial charge in [-0.05, 0) is 55.2 Å². The molecule has 0 spiro atoms. The number of nitrogens with zero attached hydrogens (tertiary/aromatic N) is 3. The first-order valence-corrected chi connectivity index (χ1v) is 14.0. The molecule has 14 heteroatoms. The first-order chi connectivity index (χ1) is 18.9. The van der Waals surface area contributed by atoms with Gasteiger partial charge in [0, 0.05) is 24.5 Å². The van der Waals surface area contributed by atoms with Crippen molar-refractivity contribution in [3.63, 3.8) is 0 Å². The number of carbonyl (C=O) groups is 4. The van der Waals surface area contributed by atoms with Gasteiger partial charge in [-0.25, -0.2) is 8.42 Å². The highest BCUT2D eigenvalue weighted by molar-refractivity contribution is 8.04. The predicted octanol–water partition coefficient (Wildman–Crippen LogP) is 1.85. The molecule has 2 fully saturated rings. The smallest absolute Gasteiger partial charge is 0.387 e. The molecular formula is C26H28F2N4O7S. The summed E-state index contributed by atoms with van der Waals surface area (Å²) in [6.45, 7) is 0.164. The van der Waals surface area contributed by atoms with E-state index in [9.17, 15) is 36.4 Å². The number of hydrogen-bond acceptors (Lipinski definition) is 8. The summed E-state index contributed by atoms with van der Waals surface area (Å²) in [6.07, 6.45) is 2.87. The van der Waals surface area contributed by atoms with E-state index in [1.807, 2.05) is 13.8 Å². The maximum absolute atomic E-state index is 13.6. The Balaban J connectivity index is 1.51. The quantitative estimate of drug-likeness (QED) is 0.475. The molecule has 2 aromatic rings. The molecule has 0 radical (unpaired) electrons. The SMILES string of the molecule is CC(C)CC(NC(=O)c1ccc(OC(F)F)cc1)C(=O)N1CCC2C1C(=O)CN2S(=O)(=O)C(=O)c1cccnc1. The van der Waals surface area contributed by atoms with Gasteiger partial charge in [0.25, 0.3) is 21.0 Å². The molecule has 1 N–H and O–H groups in total. The second kappa shape index (κ2) is 11.8. The van der Waals surface area contributed by atoms with Gasteiger partial charge in [0.1, 0.15) is 17.8 Å². The Bertz CT molecular complexity index is 1390. The molecule has 2 aliphatic rings. The zero-order chi connectivity index (χ0) is 29.2. The Labute approximate surface area is 229 Å². The molecule has 1 aromatic carbocycles. The number of benzene rings is 1. The van der Waals surface area contributed by atoms with Crippen LogP contribution in [-0.4, -0.2) is 83.1 Å². The van der Waals surface area contributed by atoms with Gasteiger partial charge in [-0.3, -0.25) is 24.2 Å². The first kappa shape index (κ1) is 29.2. The highest BCUT2D eigenvalue weighted by Gasteiger charge is 2.55. The van der Waals surface area contributed by atoms with Crippen LogP contribution in [0.4, 0.5) is 8.78 Å². The standard InChI is InChI=1S/C26H28F2N4O7S/c1-15(2)12-19(30-23(34)16-5-7-18(8-6-16)39-26(27)28)24(35)31-11-9-20-22(31)21(33)14-32(20)40(37,38)25(36)17-4-3-10-29-13-17/h3-8,10,13,15,19-20,22,26H,9,11-12,14H2,1-2H3,(H,30,34). The third kappa shape index (κ3) is 6.02. The van der Waals surface area contributed by atoms with E-state index < -0.39 is 64.0 Å². The van der Waals surface area contributed by atoms with Gasteiger partial charge in [0.2, 0.25) is 5.91 Å². The van der Waals surface area contributed by atoms with E-state index in [4.69, 9.17) is 0 Å². The number of alkyl halides is 2. The number of ether oxygens (including phenoxy) is 1. The molecule has 11 nitrogen and oxygen atoms in total. The Kier molecular flexibility index (Phi) is 8.59. The summed E-state index contributed by atoms with van der Waals surface area (Å²) in [4.78, 5) is 57.4. The van der Waals surface area contributed by atoms with Crippen LogP contribution in [0.15, 0.2) is 48.8 Å². The Morgan fingerprint density at radius 3 is 2.42 bits per heavy atom. The fraction of sp³-hybridized carbons (Fsp3) is 0.423. The number of hydrogen-bond donors (Lipinski definition) is 1. The number of halogens is 2. The molecule has 214 valence electrons. The highest BCUT2D eigenvalue weighted by atomic mass is 32.2. The molecule has 3 heterocycles. The van der Waals surface area contributed by atoms with E-state index in [0.29, 0.717) is 0 Å². The zero-order valence-electron chi connectivity index (χ0n) is 21.7. The van der Waals surface area contributed by atoms with Crippen molar-refractivity contribution in [1.82, 2.24) is 19.5 Å². The third-order valence-corrected chi connectivity index (χ3v) is 8.47. The number of rotatable bonds is 9. The lowest BCUT2D eigenvalue weighted by molar-refractivity contribution is -0.138.